The summed E-state index contributed by atoms with van der Waals surface area (Å²) >= 11 is 1.29. The van der Waals surface area contributed by atoms with Crippen LogP contribution in [0.2, 0.25) is 0 Å². The van der Waals surface area contributed by atoms with Crippen LogP contribution < -0.4 is 16.8 Å². The van der Waals surface area contributed by atoms with Crippen molar-refractivity contribution in [3.63, 3.8) is 0 Å². The zero-order chi connectivity index (χ0) is 19.2. The van der Waals surface area contributed by atoms with E-state index >= 15 is 0 Å². The van der Waals surface area contributed by atoms with Crippen LogP contribution in [0.15, 0.2) is 30.3 Å². The van der Waals surface area contributed by atoms with E-state index in [2.05, 4.69) is 43.4 Å². The number of aromatic nitrogens is 1. The standard InChI is InChI=1S/C21H24N4OS/c1-21(2)10-13-14(11-21)19(24-9-8-12-6-4-3-5-7-12)25-20-15(13)16(22)17(27-20)18(23)26/h3-7H,8-11,22H2,1-2H3,(H2,23,26)(H,24,25). The molecule has 1 aliphatic carbocycles. The van der Waals surface area contributed by atoms with E-state index in [0.717, 1.165) is 41.8 Å². The van der Waals surface area contributed by atoms with Gasteiger partial charge in [0.25, 0.3) is 5.91 Å². The van der Waals surface area contributed by atoms with E-state index in [1.54, 1.807) is 0 Å². The summed E-state index contributed by atoms with van der Waals surface area (Å²) in [6.07, 6.45) is 2.80. The Bertz CT molecular complexity index is 1020. The van der Waals surface area contributed by atoms with Crippen LogP contribution in [-0.2, 0) is 19.3 Å². The van der Waals surface area contributed by atoms with E-state index in [4.69, 9.17) is 16.5 Å². The van der Waals surface area contributed by atoms with E-state index in [0.29, 0.717) is 10.6 Å². The molecule has 27 heavy (non-hydrogen) atoms. The molecule has 4 rings (SSSR count). The van der Waals surface area contributed by atoms with Gasteiger partial charge in [0, 0.05) is 11.9 Å². The lowest BCUT2D eigenvalue weighted by Crippen LogP contribution is -2.11. The number of amides is 1. The van der Waals surface area contributed by atoms with Gasteiger partial charge in [-0.25, -0.2) is 4.98 Å². The maximum absolute atomic E-state index is 11.7. The summed E-state index contributed by atoms with van der Waals surface area (Å²) in [5.41, 5.74) is 16.1. The summed E-state index contributed by atoms with van der Waals surface area (Å²) in [7, 11) is 0. The number of nitrogens with zero attached hydrogens (tertiary/aromatic N) is 1. The minimum Gasteiger partial charge on any atom is -0.397 e. The van der Waals surface area contributed by atoms with Gasteiger partial charge in [-0.3, -0.25) is 4.79 Å². The Morgan fingerprint density at radius 3 is 2.63 bits per heavy atom. The number of nitrogens with one attached hydrogen (secondary N) is 1. The van der Waals surface area contributed by atoms with Crippen LogP contribution in [0.1, 0.15) is 40.2 Å². The van der Waals surface area contributed by atoms with E-state index in [1.165, 1.54) is 28.0 Å². The Balaban J connectivity index is 1.72. The molecule has 1 aliphatic rings. The molecule has 5 N–H and O–H groups in total. The van der Waals surface area contributed by atoms with E-state index in [-0.39, 0.29) is 5.41 Å². The fourth-order valence-electron chi connectivity index (χ4n) is 3.97. The van der Waals surface area contributed by atoms with Gasteiger partial charge in [0.2, 0.25) is 0 Å². The Kier molecular flexibility index (Phi) is 4.30. The van der Waals surface area contributed by atoms with Gasteiger partial charge in [-0.2, -0.15) is 0 Å². The monoisotopic (exact) mass is 380 g/mol. The van der Waals surface area contributed by atoms with Crippen LogP contribution in [0.25, 0.3) is 10.2 Å². The number of benzene rings is 1. The van der Waals surface area contributed by atoms with Crippen molar-refractivity contribution in [2.75, 3.05) is 17.6 Å². The number of anilines is 2. The average molecular weight is 381 g/mol. The predicted molar refractivity (Wildman–Crippen MR) is 112 cm³/mol. The highest BCUT2D eigenvalue weighted by Crippen LogP contribution is 2.46. The molecule has 0 radical (unpaired) electrons. The molecule has 3 aromatic rings. The van der Waals surface area contributed by atoms with Gasteiger partial charge in [-0.15, -0.1) is 11.3 Å². The number of fused-ring (bicyclic) bond motifs is 3. The Morgan fingerprint density at radius 1 is 1.22 bits per heavy atom. The van der Waals surface area contributed by atoms with Crippen LogP contribution in [0, 0.1) is 5.41 Å². The molecule has 0 unspecified atom stereocenters. The van der Waals surface area contributed by atoms with Crippen molar-refractivity contribution in [3.8, 4) is 0 Å². The molecule has 1 amide bonds. The summed E-state index contributed by atoms with van der Waals surface area (Å²) < 4.78 is 0. The maximum atomic E-state index is 11.7. The van der Waals surface area contributed by atoms with Gasteiger partial charge in [0.1, 0.15) is 15.5 Å². The second kappa shape index (κ2) is 6.53. The van der Waals surface area contributed by atoms with Crippen molar-refractivity contribution < 1.29 is 4.79 Å². The quantitative estimate of drug-likeness (QED) is 0.628. The minimum atomic E-state index is -0.486. The number of hydrogen-bond acceptors (Lipinski definition) is 5. The Labute approximate surface area is 162 Å². The van der Waals surface area contributed by atoms with Crippen molar-refractivity contribution in [2.24, 2.45) is 11.1 Å². The van der Waals surface area contributed by atoms with Gasteiger partial charge < -0.3 is 16.8 Å². The molecule has 140 valence electrons. The van der Waals surface area contributed by atoms with Crippen molar-refractivity contribution in [1.82, 2.24) is 4.98 Å². The third-order valence-electron chi connectivity index (χ3n) is 5.18. The zero-order valence-electron chi connectivity index (χ0n) is 15.6. The van der Waals surface area contributed by atoms with E-state index < -0.39 is 5.91 Å². The zero-order valence-corrected chi connectivity index (χ0v) is 16.5. The van der Waals surface area contributed by atoms with Gasteiger partial charge in [-0.1, -0.05) is 44.2 Å². The van der Waals surface area contributed by atoms with Crippen molar-refractivity contribution in [1.29, 1.82) is 0 Å². The largest absolute Gasteiger partial charge is 0.397 e. The molecule has 0 bridgehead atoms. The first-order chi connectivity index (χ1) is 12.9. The molecule has 6 heteroatoms. The van der Waals surface area contributed by atoms with Crippen LogP contribution >= 0.6 is 11.3 Å². The maximum Gasteiger partial charge on any atom is 0.260 e. The second-order valence-corrected chi connectivity index (χ2v) is 8.99. The van der Waals surface area contributed by atoms with Crippen molar-refractivity contribution in [3.05, 3.63) is 51.9 Å². The first-order valence-electron chi connectivity index (χ1n) is 9.17. The molecule has 2 aromatic heterocycles. The van der Waals surface area contributed by atoms with Gasteiger partial charge >= 0.3 is 0 Å². The number of hydrogen-bond donors (Lipinski definition) is 3. The average Bonchev–Trinajstić information content (AvgIpc) is 3.11. The smallest absolute Gasteiger partial charge is 0.260 e. The molecule has 0 fully saturated rings. The molecule has 0 saturated carbocycles. The number of nitrogen functional groups attached to an aromatic ring is 1. The van der Waals surface area contributed by atoms with Crippen LogP contribution in [0.3, 0.4) is 0 Å². The molecule has 0 saturated heterocycles. The molecule has 2 heterocycles. The third kappa shape index (κ3) is 3.25. The lowest BCUT2D eigenvalue weighted by molar-refractivity contribution is 0.100. The molecule has 5 nitrogen and oxygen atoms in total. The fraction of sp³-hybridized carbons (Fsp3) is 0.333. The first kappa shape index (κ1) is 17.8. The number of carbonyl (C=O) groups excluding carboxylic acids is 1. The lowest BCUT2D eigenvalue weighted by atomic mass is 9.90. The summed E-state index contributed by atoms with van der Waals surface area (Å²) in [4.78, 5) is 17.8. The topological polar surface area (TPSA) is 94.0 Å². The highest BCUT2D eigenvalue weighted by molar-refractivity contribution is 7.21. The highest BCUT2D eigenvalue weighted by Gasteiger charge is 2.34. The number of rotatable bonds is 5. The SMILES string of the molecule is CC1(C)Cc2c(NCCc3ccccc3)nc3sc(C(N)=O)c(N)c3c2C1. The number of primary amides is 1. The highest BCUT2D eigenvalue weighted by atomic mass is 32.1. The van der Waals surface area contributed by atoms with Gasteiger partial charge in [-0.05, 0) is 41.4 Å². The summed E-state index contributed by atoms with van der Waals surface area (Å²) in [6.45, 7) is 5.31. The minimum absolute atomic E-state index is 0.148. The number of carbonyl (C=O) groups is 1. The molecule has 0 aliphatic heterocycles. The number of thiophene rings is 1. The molecule has 1 aromatic carbocycles. The Hall–Kier alpha value is -2.60. The van der Waals surface area contributed by atoms with E-state index in [9.17, 15) is 4.79 Å². The lowest BCUT2D eigenvalue weighted by Gasteiger charge is -2.15. The van der Waals surface area contributed by atoms with E-state index in [1.807, 2.05) is 6.07 Å². The molecular formula is C21H24N4OS. The second-order valence-electron chi connectivity index (χ2n) is 7.99. The van der Waals surface area contributed by atoms with Crippen LogP contribution in [0.4, 0.5) is 11.5 Å². The van der Waals surface area contributed by atoms with Crippen molar-refractivity contribution in [2.45, 2.75) is 33.1 Å². The van der Waals surface area contributed by atoms with Crippen LogP contribution in [0.5, 0.6) is 0 Å². The molecule has 0 atom stereocenters. The molecular weight excluding hydrogens is 356 g/mol. The van der Waals surface area contributed by atoms with Gasteiger partial charge in [0.15, 0.2) is 0 Å². The summed E-state index contributed by atoms with van der Waals surface area (Å²) in [5, 5.41) is 4.44. The third-order valence-corrected chi connectivity index (χ3v) is 6.29. The Morgan fingerprint density at radius 2 is 1.93 bits per heavy atom. The first-order valence-corrected chi connectivity index (χ1v) is 9.99. The number of pyridine rings is 1. The number of nitrogens with two attached hydrogens (primary N) is 2. The van der Waals surface area contributed by atoms with Crippen LogP contribution in [-0.4, -0.2) is 17.4 Å². The van der Waals surface area contributed by atoms with Gasteiger partial charge in [0.05, 0.1) is 5.69 Å². The predicted octanol–water partition coefficient (Wildman–Crippen LogP) is 3.76. The summed E-state index contributed by atoms with van der Waals surface area (Å²) in [5.74, 6) is 0.427. The van der Waals surface area contributed by atoms with Crippen molar-refractivity contribution >= 4 is 39.0 Å². The molecule has 0 spiro atoms. The summed E-state index contributed by atoms with van der Waals surface area (Å²) in [6, 6.07) is 10.4. The normalized spacial score (nSPS) is 15.0. The fourth-order valence-corrected chi connectivity index (χ4v) is 4.95.